The van der Waals surface area contributed by atoms with Crippen LogP contribution in [0.2, 0.25) is 5.02 Å². The van der Waals surface area contributed by atoms with Gasteiger partial charge in [0.2, 0.25) is 0 Å². The average Bonchev–Trinajstić information content (AvgIpc) is 2.68. The monoisotopic (exact) mass is 251 g/mol. The van der Waals surface area contributed by atoms with Gasteiger partial charge in [0.05, 0.1) is 0 Å². The van der Waals surface area contributed by atoms with Gasteiger partial charge in [0.15, 0.2) is 0 Å². The number of hydrogen-bond acceptors (Lipinski definition) is 1. The molecule has 1 saturated carbocycles. The molecule has 2 atom stereocenters. The molecule has 0 heterocycles. The maximum Gasteiger partial charge on any atom is 0.0453 e. The molecule has 1 aromatic rings. The van der Waals surface area contributed by atoms with E-state index >= 15 is 0 Å². The Kier molecular flexibility index (Phi) is 4.47. The lowest BCUT2D eigenvalue weighted by Crippen LogP contribution is -2.24. The van der Waals surface area contributed by atoms with Gasteiger partial charge in [0.25, 0.3) is 0 Å². The molecule has 0 aliphatic heterocycles. The van der Waals surface area contributed by atoms with Crippen LogP contribution in [0, 0.1) is 18.8 Å². The van der Waals surface area contributed by atoms with Gasteiger partial charge < -0.3 is 5.32 Å². The first-order chi connectivity index (χ1) is 8.16. The molecular weight excluding hydrogens is 230 g/mol. The minimum Gasteiger partial charge on any atom is -0.312 e. The average molecular weight is 252 g/mol. The lowest BCUT2D eigenvalue weighted by molar-refractivity contribution is 0.392. The van der Waals surface area contributed by atoms with Gasteiger partial charge >= 0.3 is 0 Å². The van der Waals surface area contributed by atoms with Crippen LogP contribution in [0.3, 0.4) is 0 Å². The van der Waals surface area contributed by atoms with E-state index < -0.39 is 0 Å². The summed E-state index contributed by atoms with van der Waals surface area (Å²) in [7, 11) is 0. The number of hydrogen-bond donors (Lipinski definition) is 1. The third kappa shape index (κ3) is 3.46. The molecule has 2 rings (SSSR count). The standard InChI is InChI=1S/C15H22ClN/c1-11-6-7-14(15(16)8-11)10-17-9-13-5-3-4-12(13)2/h6-8,12-13,17H,3-5,9-10H2,1-2H3. The molecular formula is C15H22ClN. The quantitative estimate of drug-likeness (QED) is 0.847. The number of nitrogens with one attached hydrogen (secondary N) is 1. The molecule has 1 aliphatic rings. The van der Waals surface area contributed by atoms with Crippen LogP contribution in [-0.2, 0) is 6.54 Å². The molecule has 94 valence electrons. The molecule has 1 nitrogen and oxygen atoms in total. The highest BCUT2D eigenvalue weighted by Gasteiger charge is 2.22. The molecule has 2 heteroatoms. The van der Waals surface area contributed by atoms with Crippen molar-refractivity contribution in [2.24, 2.45) is 11.8 Å². The fraction of sp³-hybridized carbons (Fsp3) is 0.600. The van der Waals surface area contributed by atoms with E-state index in [2.05, 4.69) is 31.3 Å². The van der Waals surface area contributed by atoms with Crippen molar-refractivity contribution in [3.8, 4) is 0 Å². The third-order valence-corrected chi connectivity index (χ3v) is 4.32. The zero-order chi connectivity index (χ0) is 12.3. The summed E-state index contributed by atoms with van der Waals surface area (Å²) in [4.78, 5) is 0. The summed E-state index contributed by atoms with van der Waals surface area (Å²) in [6, 6.07) is 6.29. The van der Waals surface area contributed by atoms with E-state index in [9.17, 15) is 0 Å². The highest BCUT2D eigenvalue weighted by molar-refractivity contribution is 6.31. The van der Waals surface area contributed by atoms with Crippen LogP contribution in [-0.4, -0.2) is 6.54 Å². The van der Waals surface area contributed by atoms with Crippen molar-refractivity contribution >= 4 is 11.6 Å². The molecule has 0 radical (unpaired) electrons. The fourth-order valence-electron chi connectivity index (χ4n) is 2.71. The van der Waals surface area contributed by atoms with Gasteiger partial charge in [0.1, 0.15) is 0 Å². The van der Waals surface area contributed by atoms with Gasteiger partial charge in [-0.2, -0.15) is 0 Å². The Morgan fingerprint density at radius 2 is 2.18 bits per heavy atom. The van der Waals surface area contributed by atoms with Crippen molar-refractivity contribution < 1.29 is 0 Å². The summed E-state index contributed by atoms with van der Waals surface area (Å²) in [5, 5.41) is 4.44. The first-order valence-corrected chi connectivity index (χ1v) is 7.00. The molecule has 0 aromatic heterocycles. The number of benzene rings is 1. The SMILES string of the molecule is Cc1ccc(CNCC2CCCC2C)c(Cl)c1. The van der Waals surface area contributed by atoms with Gasteiger partial charge in [-0.1, -0.05) is 43.5 Å². The number of aryl methyl sites for hydroxylation is 1. The molecule has 1 fully saturated rings. The highest BCUT2D eigenvalue weighted by atomic mass is 35.5. The van der Waals surface area contributed by atoms with Crippen LogP contribution in [0.4, 0.5) is 0 Å². The van der Waals surface area contributed by atoms with Crippen LogP contribution >= 0.6 is 11.6 Å². The fourth-order valence-corrected chi connectivity index (χ4v) is 3.02. The Morgan fingerprint density at radius 1 is 1.35 bits per heavy atom. The third-order valence-electron chi connectivity index (χ3n) is 3.97. The van der Waals surface area contributed by atoms with Crippen molar-refractivity contribution in [1.82, 2.24) is 5.32 Å². The lowest BCUT2D eigenvalue weighted by Gasteiger charge is -2.16. The molecule has 17 heavy (non-hydrogen) atoms. The van der Waals surface area contributed by atoms with Crippen molar-refractivity contribution in [1.29, 1.82) is 0 Å². The van der Waals surface area contributed by atoms with E-state index in [1.165, 1.54) is 30.4 Å². The van der Waals surface area contributed by atoms with Gasteiger partial charge in [-0.05, 0) is 48.9 Å². The predicted octanol–water partition coefficient (Wildman–Crippen LogP) is 4.17. The minimum absolute atomic E-state index is 0.860. The topological polar surface area (TPSA) is 12.0 Å². The first-order valence-electron chi connectivity index (χ1n) is 6.62. The maximum absolute atomic E-state index is 6.21. The van der Waals surface area contributed by atoms with E-state index in [0.29, 0.717) is 0 Å². The Bertz CT molecular complexity index is 375. The van der Waals surface area contributed by atoms with E-state index in [1.807, 2.05) is 6.07 Å². The summed E-state index contributed by atoms with van der Waals surface area (Å²) < 4.78 is 0. The normalized spacial score (nSPS) is 24.2. The van der Waals surface area contributed by atoms with Crippen molar-refractivity contribution in [2.45, 2.75) is 39.7 Å². The molecule has 0 saturated heterocycles. The van der Waals surface area contributed by atoms with Crippen LogP contribution < -0.4 is 5.32 Å². The van der Waals surface area contributed by atoms with Crippen LogP contribution in [0.25, 0.3) is 0 Å². The molecule has 1 aromatic carbocycles. The van der Waals surface area contributed by atoms with E-state index in [0.717, 1.165) is 29.9 Å². The number of rotatable bonds is 4. The second kappa shape index (κ2) is 5.88. The summed E-state index contributed by atoms with van der Waals surface area (Å²) in [6.45, 7) is 6.47. The number of halogens is 1. The Balaban J connectivity index is 1.81. The molecule has 0 bridgehead atoms. The van der Waals surface area contributed by atoms with Crippen LogP contribution in [0.1, 0.15) is 37.3 Å². The Morgan fingerprint density at radius 3 is 2.82 bits per heavy atom. The summed E-state index contributed by atoms with van der Waals surface area (Å²) in [5.74, 6) is 1.75. The molecule has 0 amide bonds. The van der Waals surface area contributed by atoms with Crippen molar-refractivity contribution in [3.05, 3.63) is 34.3 Å². The summed E-state index contributed by atoms with van der Waals surface area (Å²) in [6.07, 6.45) is 4.19. The van der Waals surface area contributed by atoms with E-state index in [4.69, 9.17) is 11.6 Å². The molecule has 1 aliphatic carbocycles. The van der Waals surface area contributed by atoms with Crippen molar-refractivity contribution in [2.75, 3.05) is 6.54 Å². The highest BCUT2D eigenvalue weighted by Crippen LogP contribution is 2.30. The van der Waals surface area contributed by atoms with E-state index in [1.54, 1.807) is 0 Å². The lowest BCUT2D eigenvalue weighted by atomic mass is 9.98. The molecule has 0 spiro atoms. The molecule has 1 N–H and O–H groups in total. The van der Waals surface area contributed by atoms with Gasteiger partial charge in [0, 0.05) is 11.6 Å². The van der Waals surface area contributed by atoms with Crippen LogP contribution in [0.15, 0.2) is 18.2 Å². The van der Waals surface area contributed by atoms with Gasteiger partial charge in [-0.25, -0.2) is 0 Å². The van der Waals surface area contributed by atoms with Gasteiger partial charge in [-0.15, -0.1) is 0 Å². The summed E-state index contributed by atoms with van der Waals surface area (Å²) >= 11 is 6.21. The van der Waals surface area contributed by atoms with Gasteiger partial charge in [-0.3, -0.25) is 0 Å². The minimum atomic E-state index is 0.860. The molecule has 2 unspecified atom stereocenters. The van der Waals surface area contributed by atoms with Crippen molar-refractivity contribution in [3.63, 3.8) is 0 Å². The summed E-state index contributed by atoms with van der Waals surface area (Å²) in [5.41, 5.74) is 2.44. The Labute approximate surface area is 110 Å². The second-order valence-electron chi connectivity index (χ2n) is 5.39. The first kappa shape index (κ1) is 12.9. The largest absolute Gasteiger partial charge is 0.312 e. The van der Waals surface area contributed by atoms with Crippen LogP contribution in [0.5, 0.6) is 0 Å². The zero-order valence-corrected chi connectivity index (χ0v) is 11.6. The second-order valence-corrected chi connectivity index (χ2v) is 5.80. The zero-order valence-electron chi connectivity index (χ0n) is 10.8. The smallest absolute Gasteiger partial charge is 0.0453 e. The predicted molar refractivity (Wildman–Crippen MR) is 74.4 cm³/mol. The maximum atomic E-state index is 6.21. The Hall–Kier alpha value is -0.530. The van der Waals surface area contributed by atoms with E-state index in [-0.39, 0.29) is 0 Å².